The summed E-state index contributed by atoms with van der Waals surface area (Å²) in [5, 5.41) is 6.81. The lowest BCUT2D eigenvalue weighted by Gasteiger charge is -2.21. The van der Waals surface area contributed by atoms with Gasteiger partial charge in [0.1, 0.15) is 5.76 Å². The van der Waals surface area contributed by atoms with Crippen LogP contribution in [-0.4, -0.2) is 43.1 Å². The molecule has 0 radical (unpaired) electrons. The number of guanidine groups is 1. The number of hydrogen-bond acceptors (Lipinski definition) is 3. The molecule has 0 amide bonds. The fourth-order valence-corrected chi connectivity index (χ4v) is 2.57. The summed E-state index contributed by atoms with van der Waals surface area (Å²) in [5.41, 5.74) is 0. The largest absolute Gasteiger partial charge is 0.467 e. The highest BCUT2D eigenvalue weighted by Gasteiger charge is 2.31. The molecule has 1 aliphatic heterocycles. The van der Waals surface area contributed by atoms with Gasteiger partial charge in [0, 0.05) is 32.2 Å². The van der Waals surface area contributed by atoms with E-state index in [2.05, 4.69) is 41.3 Å². The van der Waals surface area contributed by atoms with Crippen LogP contribution in [0.15, 0.2) is 27.8 Å². The Morgan fingerprint density at radius 1 is 1.48 bits per heavy atom. The number of furan rings is 1. The van der Waals surface area contributed by atoms with E-state index in [1.807, 2.05) is 12.1 Å². The molecule has 21 heavy (non-hydrogen) atoms. The number of hydrogen-bond donors (Lipinski definition) is 2. The Labute approximate surface area is 144 Å². The zero-order valence-corrected chi connectivity index (χ0v) is 15.6. The van der Waals surface area contributed by atoms with Crippen LogP contribution in [0.2, 0.25) is 0 Å². The molecule has 2 heterocycles. The third-order valence-corrected chi connectivity index (χ3v) is 3.93. The first kappa shape index (κ1) is 18.3. The van der Waals surface area contributed by atoms with E-state index in [9.17, 15) is 0 Å². The average Bonchev–Trinajstić information content (AvgIpc) is 3.04. The van der Waals surface area contributed by atoms with Gasteiger partial charge in [0.05, 0.1) is 12.8 Å². The first-order valence-electron chi connectivity index (χ1n) is 7.33. The molecule has 0 aliphatic carbocycles. The second-order valence-electron chi connectivity index (χ2n) is 5.78. The van der Waals surface area contributed by atoms with Gasteiger partial charge in [-0.15, -0.1) is 24.0 Å². The van der Waals surface area contributed by atoms with Gasteiger partial charge < -0.3 is 15.1 Å². The highest BCUT2D eigenvalue weighted by molar-refractivity contribution is 14.0. The molecule has 0 aromatic carbocycles. The second-order valence-corrected chi connectivity index (χ2v) is 5.78. The fraction of sp³-hybridized carbons (Fsp3) is 0.667. The summed E-state index contributed by atoms with van der Waals surface area (Å²) < 4.78 is 5.31. The molecule has 2 N–H and O–H groups in total. The topological polar surface area (TPSA) is 52.8 Å². The molecule has 120 valence electrons. The van der Waals surface area contributed by atoms with Crippen molar-refractivity contribution in [2.45, 2.75) is 39.4 Å². The van der Waals surface area contributed by atoms with Crippen LogP contribution in [0.4, 0.5) is 0 Å². The molecule has 1 saturated heterocycles. The van der Waals surface area contributed by atoms with E-state index in [-0.39, 0.29) is 24.0 Å². The van der Waals surface area contributed by atoms with E-state index < -0.39 is 0 Å². The maximum atomic E-state index is 5.31. The number of likely N-dealkylation sites (tertiary alicyclic amines) is 1. The molecule has 2 rings (SSSR count). The molecule has 1 aromatic rings. The number of nitrogens with one attached hydrogen (secondary N) is 2. The van der Waals surface area contributed by atoms with Crippen LogP contribution in [0.25, 0.3) is 0 Å². The number of rotatable bonds is 4. The van der Waals surface area contributed by atoms with E-state index in [1.54, 1.807) is 13.3 Å². The molecule has 5 nitrogen and oxygen atoms in total. The minimum Gasteiger partial charge on any atom is -0.467 e. The van der Waals surface area contributed by atoms with Gasteiger partial charge in [0.15, 0.2) is 5.96 Å². The number of aliphatic imine (C=N–C) groups is 1. The highest BCUT2D eigenvalue weighted by atomic mass is 127. The summed E-state index contributed by atoms with van der Waals surface area (Å²) in [6.45, 7) is 9.66. The van der Waals surface area contributed by atoms with Crippen molar-refractivity contribution >= 4 is 29.9 Å². The smallest absolute Gasteiger partial charge is 0.191 e. The van der Waals surface area contributed by atoms with Crippen LogP contribution in [0.5, 0.6) is 0 Å². The van der Waals surface area contributed by atoms with E-state index >= 15 is 0 Å². The summed E-state index contributed by atoms with van der Waals surface area (Å²) in [5.74, 6) is 2.37. The molecule has 2 unspecified atom stereocenters. The van der Waals surface area contributed by atoms with Crippen LogP contribution >= 0.6 is 24.0 Å². The van der Waals surface area contributed by atoms with Crippen molar-refractivity contribution < 1.29 is 4.42 Å². The lowest BCUT2D eigenvalue weighted by Crippen LogP contribution is -2.46. The third-order valence-electron chi connectivity index (χ3n) is 3.93. The molecule has 1 fully saturated rings. The van der Waals surface area contributed by atoms with Gasteiger partial charge in [-0.25, -0.2) is 0 Å². The van der Waals surface area contributed by atoms with Gasteiger partial charge in [-0.1, -0.05) is 6.92 Å². The maximum Gasteiger partial charge on any atom is 0.191 e. The van der Waals surface area contributed by atoms with E-state index in [4.69, 9.17) is 4.42 Å². The van der Waals surface area contributed by atoms with Crippen molar-refractivity contribution in [3.8, 4) is 0 Å². The zero-order valence-electron chi connectivity index (χ0n) is 13.3. The number of nitrogens with zero attached hydrogens (tertiary/aromatic N) is 2. The maximum absolute atomic E-state index is 5.31. The SMILES string of the molecule is CN=C(NCc1ccco1)NC1CN(C(C)C)CC1C.I. The Balaban J connectivity index is 0.00000220. The molecular formula is C15H27IN4O. The predicted octanol–water partition coefficient (Wildman–Crippen LogP) is 2.29. The first-order valence-corrected chi connectivity index (χ1v) is 7.33. The van der Waals surface area contributed by atoms with Crippen molar-refractivity contribution in [1.29, 1.82) is 0 Å². The van der Waals surface area contributed by atoms with Gasteiger partial charge in [-0.05, 0) is 31.9 Å². The normalized spacial score (nSPS) is 23.2. The van der Waals surface area contributed by atoms with Crippen LogP contribution in [-0.2, 0) is 6.54 Å². The first-order chi connectivity index (χ1) is 9.60. The minimum absolute atomic E-state index is 0. The van der Waals surface area contributed by atoms with Crippen LogP contribution in [0.3, 0.4) is 0 Å². The lowest BCUT2D eigenvalue weighted by molar-refractivity contribution is 0.265. The Bertz CT molecular complexity index is 433. The van der Waals surface area contributed by atoms with E-state index in [1.165, 1.54) is 0 Å². The summed E-state index contributed by atoms with van der Waals surface area (Å²) >= 11 is 0. The lowest BCUT2D eigenvalue weighted by atomic mass is 10.1. The molecule has 0 saturated carbocycles. The molecule has 2 atom stereocenters. The summed E-state index contributed by atoms with van der Waals surface area (Å²) in [6.07, 6.45) is 1.69. The quantitative estimate of drug-likeness (QED) is 0.458. The summed E-state index contributed by atoms with van der Waals surface area (Å²) in [6, 6.07) is 4.90. The van der Waals surface area contributed by atoms with E-state index in [0.717, 1.165) is 24.8 Å². The molecule has 6 heteroatoms. The standard InChI is InChI=1S/C15H26N4O.HI/c1-11(2)19-9-12(3)14(10-19)18-15(16-4)17-8-13-6-5-7-20-13;/h5-7,11-12,14H,8-10H2,1-4H3,(H2,16,17,18);1H. The average molecular weight is 406 g/mol. The molecular weight excluding hydrogens is 379 g/mol. The summed E-state index contributed by atoms with van der Waals surface area (Å²) in [4.78, 5) is 6.79. The van der Waals surface area contributed by atoms with Crippen LogP contribution in [0, 0.1) is 5.92 Å². The van der Waals surface area contributed by atoms with Crippen LogP contribution in [0.1, 0.15) is 26.5 Å². The van der Waals surface area contributed by atoms with Gasteiger partial charge in [-0.2, -0.15) is 0 Å². The van der Waals surface area contributed by atoms with Crippen molar-refractivity contribution in [2.75, 3.05) is 20.1 Å². The van der Waals surface area contributed by atoms with Gasteiger partial charge in [0.25, 0.3) is 0 Å². The molecule has 1 aliphatic rings. The molecule has 0 spiro atoms. The second kappa shape index (κ2) is 8.63. The highest BCUT2D eigenvalue weighted by Crippen LogP contribution is 2.18. The van der Waals surface area contributed by atoms with Crippen molar-refractivity contribution in [3.05, 3.63) is 24.2 Å². The van der Waals surface area contributed by atoms with Crippen molar-refractivity contribution in [3.63, 3.8) is 0 Å². The Hall–Kier alpha value is -0.760. The predicted molar refractivity (Wildman–Crippen MR) is 97.1 cm³/mol. The molecule has 0 bridgehead atoms. The fourth-order valence-electron chi connectivity index (χ4n) is 2.57. The van der Waals surface area contributed by atoms with Crippen molar-refractivity contribution in [2.24, 2.45) is 10.9 Å². The monoisotopic (exact) mass is 406 g/mol. The van der Waals surface area contributed by atoms with Gasteiger partial charge in [-0.3, -0.25) is 9.89 Å². The van der Waals surface area contributed by atoms with Gasteiger partial charge in [0.2, 0.25) is 0 Å². The van der Waals surface area contributed by atoms with Crippen LogP contribution < -0.4 is 10.6 Å². The number of halogens is 1. The Kier molecular flexibility index (Phi) is 7.51. The van der Waals surface area contributed by atoms with E-state index in [0.29, 0.717) is 24.5 Å². The Morgan fingerprint density at radius 3 is 2.76 bits per heavy atom. The van der Waals surface area contributed by atoms with Crippen molar-refractivity contribution in [1.82, 2.24) is 15.5 Å². The minimum atomic E-state index is 0. The van der Waals surface area contributed by atoms with Gasteiger partial charge >= 0.3 is 0 Å². The molecule has 1 aromatic heterocycles. The third kappa shape index (κ3) is 5.18. The summed E-state index contributed by atoms with van der Waals surface area (Å²) in [7, 11) is 1.80. The zero-order chi connectivity index (χ0) is 14.5. The Morgan fingerprint density at radius 2 is 2.24 bits per heavy atom.